The van der Waals surface area contributed by atoms with Crippen LogP contribution in [0.5, 0.6) is 0 Å². The number of carbonyl (C=O) groups excluding carboxylic acids is 2. The molecule has 0 saturated carbocycles. The molecular formula is C28H54N2O8. The number of ether oxygens (including phenoxy) is 2. The lowest BCUT2D eigenvalue weighted by atomic mass is 9.97. The fraction of sp³-hybridized carbons (Fsp3) is 0.929. The van der Waals surface area contributed by atoms with Gasteiger partial charge in [-0.25, -0.2) is 0 Å². The van der Waals surface area contributed by atoms with Crippen molar-refractivity contribution in [2.45, 2.75) is 147 Å². The highest BCUT2D eigenvalue weighted by atomic mass is 16.7. The van der Waals surface area contributed by atoms with Gasteiger partial charge in [-0.15, -0.1) is 0 Å². The normalized spacial score (nSPS) is 25.1. The lowest BCUT2D eigenvalue weighted by molar-refractivity contribution is -0.278. The second kappa shape index (κ2) is 19.7. The molecule has 0 aliphatic carbocycles. The summed E-state index contributed by atoms with van der Waals surface area (Å²) < 4.78 is 11.1. The summed E-state index contributed by atoms with van der Waals surface area (Å²) in [7, 11) is 0. The van der Waals surface area contributed by atoms with Crippen LogP contribution in [0.4, 0.5) is 0 Å². The third-order valence-electron chi connectivity index (χ3n) is 6.98. The second-order valence-corrected chi connectivity index (χ2v) is 11.0. The van der Waals surface area contributed by atoms with Gasteiger partial charge in [0.15, 0.2) is 6.29 Å². The third-order valence-corrected chi connectivity index (χ3v) is 6.98. The van der Waals surface area contributed by atoms with E-state index in [1.54, 1.807) is 0 Å². The van der Waals surface area contributed by atoms with Gasteiger partial charge in [-0.3, -0.25) is 9.59 Å². The summed E-state index contributed by atoms with van der Waals surface area (Å²) >= 11 is 0. The summed E-state index contributed by atoms with van der Waals surface area (Å²) in [5.74, 6) is -0.606. The van der Waals surface area contributed by atoms with Crippen molar-refractivity contribution in [3.8, 4) is 0 Å². The molecule has 1 aliphatic heterocycles. The summed E-state index contributed by atoms with van der Waals surface area (Å²) in [5, 5.41) is 45.6. The van der Waals surface area contributed by atoms with Crippen LogP contribution in [-0.4, -0.2) is 88.2 Å². The monoisotopic (exact) mass is 546 g/mol. The van der Waals surface area contributed by atoms with E-state index in [0.29, 0.717) is 6.42 Å². The smallest absolute Gasteiger partial charge is 0.220 e. The highest BCUT2D eigenvalue weighted by Crippen LogP contribution is 2.23. The van der Waals surface area contributed by atoms with E-state index in [1.807, 2.05) is 0 Å². The van der Waals surface area contributed by atoms with Crippen LogP contribution in [0.2, 0.25) is 0 Å². The van der Waals surface area contributed by atoms with Crippen LogP contribution in [0.1, 0.15) is 111 Å². The van der Waals surface area contributed by atoms with Crippen molar-refractivity contribution < 1.29 is 39.5 Å². The molecule has 0 aromatic carbocycles. The van der Waals surface area contributed by atoms with E-state index < -0.39 is 48.8 Å². The van der Waals surface area contributed by atoms with Crippen molar-refractivity contribution in [3.05, 3.63) is 0 Å². The number of hydrogen-bond acceptors (Lipinski definition) is 8. The number of rotatable bonds is 21. The third kappa shape index (κ3) is 14.7. The maximum Gasteiger partial charge on any atom is 0.220 e. The van der Waals surface area contributed by atoms with Gasteiger partial charge in [-0.1, -0.05) is 84.0 Å². The van der Waals surface area contributed by atoms with Gasteiger partial charge in [0, 0.05) is 19.9 Å². The van der Waals surface area contributed by atoms with Crippen LogP contribution >= 0.6 is 0 Å². The Morgan fingerprint density at radius 1 is 0.895 bits per heavy atom. The van der Waals surface area contributed by atoms with E-state index in [0.717, 1.165) is 19.3 Å². The molecule has 1 fully saturated rings. The molecule has 38 heavy (non-hydrogen) atoms. The van der Waals surface area contributed by atoms with Crippen molar-refractivity contribution >= 4 is 11.8 Å². The highest BCUT2D eigenvalue weighted by molar-refractivity contribution is 5.75. The summed E-state index contributed by atoms with van der Waals surface area (Å²) in [5.41, 5.74) is -1.44. The topological polar surface area (TPSA) is 158 Å². The molecule has 10 heteroatoms. The van der Waals surface area contributed by atoms with Crippen LogP contribution in [0, 0.1) is 0 Å². The number of nitrogens with one attached hydrogen (secondary N) is 2. The Morgan fingerprint density at radius 3 is 1.92 bits per heavy atom. The van der Waals surface area contributed by atoms with Gasteiger partial charge in [0.05, 0.1) is 13.2 Å². The van der Waals surface area contributed by atoms with Crippen molar-refractivity contribution in [2.75, 3.05) is 19.8 Å². The zero-order valence-electron chi connectivity index (χ0n) is 23.8. The quantitative estimate of drug-likeness (QED) is 0.120. The van der Waals surface area contributed by atoms with Crippen LogP contribution in [-0.2, 0) is 19.1 Å². The Hall–Kier alpha value is -1.30. The Balaban J connectivity index is 2.21. The molecule has 0 aromatic heterocycles. The first-order valence-corrected chi connectivity index (χ1v) is 14.6. The number of aliphatic hydroxyl groups is 4. The summed E-state index contributed by atoms with van der Waals surface area (Å²) in [6.07, 6.45) is 11.3. The fourth-order valence-corrected chi connectivity index (χ4v) is 4.61. The lowest BCUT2D eigenvalue weighted by Gasteiger charge is -2.42. The zero-order chi connectivity index (χ0) is 28.4. The number of hydrogen-bond donors (Lipinski definition) is 6. The minimum absolute atomic E-state index is 0.0452. The van der Waals surface area contributed by atoms with Crippen LogP contribution < -0.4 is 10.6 Å². The van der Waals surface area contributed by atoms with Crippen molar-refractivity contribution in [3.63, 3.8) is 0 Å². The molecule has 1 saturated heterocycles. The number of aliphatic hydroxyl groups excluding tert-OH is 3. The Bertz CT molecular complexity index is 648. The van der Waals surface area contributed by atoms with Gasteiger partial charge in [-0.05, 0) is 13.3 Å². The van der Waals surface area contributed by atoms with E-state index in [2.05, 4.69) is 17.6 Å². The molecule has 1 rings (SSSR count). The predicted molar refractivity (Wildman–Crippen MR) is 145 cm³/mol. The van der Waals surface area contributed by atoms with E-state index in [4.69, 9.17) is 9.47 Å². The molecule has 0 radical (unpaired) electrons. The maximum absolute atomic E-state index is 12.2. The number of carbonyl (C=O) groups is 2. The number of unbranched alkanes of at least 4 members (excludes halogenated alkanes) is 12. The molecule has 2 amide bonds. The maximum atomic E-state index is 12.2. The molecule has 0 spiro atoms. The van der Waals surface area contributed by atoms with Gasteiger partial charge in [0.25, 0.3) is 0 Å². The van der Waals surface area contributed by atoms with Crippen LogP contribution in [0.15, 0.2) is 0 Å². The molecule has 6 N–H and O–H groups in total. The Kier molecular flexibility index (Phi) is 18.0. The van der Waals surface area contributed by atoms with Gasteiger partial charge >= 0.3 is 0 Å². The minimum atomic E-state index is -1.44. The Morgan fingerprint density at radius 2 is 1.42 bits per heavy atom. The minimum Gasteiger partial charge on any atom is -0.394 e. The fourth-order valence-electron chi connectivity index (χ4n) is 4.61. The molecular weight excluding hydrogens is 492 g/mol. The summed E-state index contributed by atoms with van der Waals surface area (Å²) in [6, 6.07) is -1.09. The SMILES string of the molecule is CCCCCCCCCCCCCCCC(=O)NC[C@](C)(O)CO[C@@H]1O[C@H](CO)[C@@H](O)[C@H](O)[C@H]1NC(C)=O. The summed E-state index contributed by atoms with van der Waals surface area (Å²) in [6.45, 7) is 4.10. The second-order valence-electron chi connectivity index (χ2n) is 11.0. The Labute approximate surface area is 228 Å². The highest BCUT2D eigenvalue weighted by Gasteiger charge is 2.45. The average molecular weight is 547 g/mol. The summed E-state index contributed by atoms with van der Waals surface area (Å²) in [4.78, 5) is 23.7. The average Bonchev–Trinajstić information content (AvgIpc) is 2.87. The van der Waals surface area contributed by atoms with Gasteiger partial charge in [-0.2, -0.15) is 0 Å². The predicted octanol–water partition coefficient (Wildman–Crippen LogP) is 2.30. The standard InChI is InChI=1S/C28H54N2O8/c1-4-5-6-7-8-9-10-11-12-13-14-15-16-17-23(33)29-19-28(3,36)20-37-27-24(30-21(2)32)26(35)25(34)22(18-31)38-27/h22,24-27,31,34-36H,4-20H2,1-3H3,(H,29,33)(H,30,32)/t22-,24-,25-,26-,27-,28+/m1/s1. The van der Waals surface area contributed by atoms with E-state index in [1.165, 1.54) is 78.1 Å². The first-order valence-electron chi connectivity index (χ1n) is 14.6. The molecule has 1 aliphatic rings. The van der Waals surface area contributed by atoms with Crippen LogP contribution in [0.25, 0.3) is 0 Å². The zero-order valence-corrected chi connectivity index (χ0v) is 23.8. The molecule has 6 atom stereocenters. The van der Waals surface area contributed by atoms with Crippen molar-refractivity contribution in [2.24, 2.45) is 0 Å². The first kappa shape index (κ1) is 34.7. The molecule has 0 unspecified atom stereocenters. The van der Waals surface area contributed by atoms with Crippen LogP contribution in [0.3, 0.4) is 0 Å². The van der Waals surface area contributed by atoms with Crippen molar-refractivity contribution in [1.82, 2.24) is 10.6 Å². The van der Waals surface area contributed by atoms with E-state index in [-0.39, 0.29) is 19.1 Å². The van der Waals surface area contributed by atoms with E-state index in [9.17, 15) is 30.0 Å². The largest absolute Gasteiger partial charge is 0.394 e. The van der Waals surface area contributed by atoms with E-state index >= 15 is 0 Å². The molecule has 1 heterocycles. The van der Waals surface area contributed by atoms with Gasteiger partial charge in [0.1, 0.15) is 30.0 Å². The van der Waals surface area contributed by atoms with Gasteiger partial charge in [0.2, 0.25) is 11.8 Å². The first-order chi connectivity index (χ1) is 18.1. The number of amides is 2. The molecule has 10 nitrogen and oxygen atoms in total. The lowest BCUT2D eigenvalue weighted by Crippen LogP contribution is -2.65. The van der Waals surface area contributed by atoms with Crippen molar-refractivity contribution in [1.29, 1.82) is 0 Å². The van der Waals surface area contributed by atoms with Gasteiger partial charge < -0.3 is 40.5 Å². The molecule has 224 valence electrons. The molecule has 0 aromatic rings. The molecule has 0 bridgehead atoms.